The van der Waals surface area contributed by atoms with Crippen molar-refractivity contribution in [2.45, 2.75) is 6.54 Å². The van der Waals surface area contributed by atoms with E-state index < -0.39 is 5.97 Å². The molecule has 0 atom stereocenters. The molecule has 0 unspecified atom stereocenters. The predicted octanol–water partition coefficient (Wildman–Crippen LogP) is 2.33. The summed E-state index contributed by atoms with van der Waals surface area (Å²) < 4.78 is 1.41. The molecule has 1 N–H and O–H groups in total. The summed E-state index contributed by atoms with van der Waals surface area (Å²) >= 11 is 11.7. The van der Waals surface area contributed by atoms with Crippen molar-refractivity contribution in [2.75, 3.05) is 0 Å². The number of aromatic carboxylic acids is 1. The topological polar surface area (TPSA) is 68.0 Å². The quantitative estimate of drug-likeness (QED) is 0.931. The van der Waals surface area contributed by atoms with Crippen molar-refractivity contribution in [3.8, 4) is 0 Å². The maximum atomic E-state index is 10.6. The van der Waals surface area contributed by atoms with Crippen LogP contribution < -0.4 is 0 Å². The summed E-state index contributed by atoms with van der Waals surface area (Å²) in [6.07, 6.45) is 1.34. The van der Waals surface area contributed by atoms with Crippen LogP contribution in [0, 0.1) is 0 Å². The molecule has 2 rings (SSSR count). The van der Waals surface area contributed by atoms with Crippen LogP contribution in [0.25, 0.3) is 0 Å². The minimum atomic E-state index is -1.11. The van der Waals surface area contributed by atoms with E-state index in [2.05, 4.69) is 10.3 Å². The smallest absolute Gasteiger partial charge is 0.358 e. The standard InChI is InChI=1S/C10H7Cl2N3O2/c11-7-1-6(2-8(12)3-7)4-15-5-9(10(16)17)13-14-15/h1-3,5H,4H2,(H,16,17). The number of carbonyl (C=O) groups is 1. The summed E-state index contributed by atoms with van der Waals surface area (Å²) in [4.78, 5) is 10.6. The van der Waals surface area contributed by atoms with Crippen LogP contribution in [0.1, 0.15) is 16.1 Å². The van der Waals surface area contributed by atoms with Gasteiger partial charge in [0.1, 0.15) is 0 Å². The van der Waals surface area contributed by atoms with Crippen LogP contribution in [0.5, 0.6) is 0 Å². The Bertz CT molecular complexity index is 548. The minimum Gasteiger partial charge on any atom is -0.476 e. The lowest BCUT2D eigenvalue weighted by atomic mass is 10.2. The Hall–Kier alpha value is -1.59. The number of carboxylic acid groups (broad SMARTS) is 1. The zero-order valence-electron chi connectivity index (χ0n) is 8.47. The van der Waals surface area contributed by atoms with Gasteiger partial charge >= 0.3 is 5.97 Å². The van der Waals surface area contributed by atoms with E-state index in [0.717, 1.165) is 5.56 Å². The Balaban J connectivity index is 2.22. The molecule has 1 heterocycles. The van der Waals surface area contributed by atoms with Gasteiger partial charge in [-0.25, -0.2) is 9.48 Å². The molecular formula is C10H7Cl2N3O2. The number of aromatic nitrogens is 3. The first kappa shape index (κ1) is 11.9. The number of hydrogen-bond donors (Lipinski definition) is 1. The second-order valence-corrected chi connectivity index (χ2v) is 4.26. The van der Waals surface area contributed by atoms with E-state index in [4.69, 9.17) is 28.3 Å². The lowest BCUT2D eigenvalue weighted by molar-refractivity contribution is 0.0690. The van der Waals surface area contributed by atoms with Gasteiger partial charge in [0.15, 0.2) is 5.69 Å². The summed E-state index contributed by atoms with van der Waals surface area (Å²) in [5, 5.41) is 16.9. The van der Waals surface area contributed by atoms with Crippen LogP contribution in [-0.2, 0) is 6.54 Å². The van der Waals surface area contributed by atoms with Gasteiger partial charge in [0.2, 0.25) is 0 Å². The molecule has 0 saturated carbocycles. The third-order valence-corrected chi connectivity index (χ3v) is 2.46. The van der Waals surface area contributed by atoms with Crippen molar-refractivity contribution >= 4 is 29.2 Å². The normalized spacial score (nSPS) is 10.5. The van der Waals surface area contributed by atoms with Gasteiger partial charge in [-0.3, -0.25) is 0 Å². The van der Waals surface area contributed by atoms with Gasteiger partial charge in [0.05, 0.1) is 12.7 Å². The van der Waals surface area contributed by atoms with Crippen molar-refractivity contribution in [3.63, 3.8) is 0 Å². The van der Waals surface area contributed by atoms with Crippen LogP contribution >= 0.6 is 23.2 Å². The number of benzene rings is 1. The van der Waals surface area contributed by atoms with Gasteiger partial charge in [0, 0.05) is 10.0 Å². The molecule has 1 aromatic heterocycles. The molecule has 0 aliphatic carbocycles. The van der Waals surface area contributed by atoms with Crippen molar-refractivity contribution in [1.82, 2.24) is 15.0 Å². The molecule has 0 aliphatic heterocycles. The zero-order chi connectivity index (χ0) is 12.4. The summed E-state index contributed by atoms with van der Waals surface area (Å²) in [5.74, 6) is -1.11. The summed E-state index contributed by atoms with van der Waals surface area (Å²) in [6.45, 7) is 0.362. The number of nitrogens with zero attached hydrogens (tertiary/aromatic N) is 3. The lowest BCUT2D eigenvalue weighted by Gasteiger charge is -2.02. The van der Waals surface area contributed by atoms with Crippen LogP contribution in [-0.4, -0.2) is 26.1 Å². The SMILES string of the molecule is O=C(O)c1cn(Cc2cc(Cl)cc(Cl)c2)nn1. The molecule has 17 heavy (non-hydrogen) atoms. The number of rotatable bonds is 3. The fourth-order valence-electron chi connectivity index (χ4n) is 1.36. The lowest BCUT2D eigenvalue weighted by Crippen LogP contribution is -2.00. The Morgan fingerprint density at radius 1 is 1.29 bits per heavy atom. The van der Waals surface area contributed by atoms with Crippen LogP contribution in [0.2, 0.25) is 10.0 Å². The highest BCUT2D eigenvalue weighted by atomic mass is 35.5. The van der Waals surface area contributed by atoms with Crippen LogP contribution in [0.15, 0.2) is 24.4 Å². The molecule has 2 aromatic rings. The second kappa shape index (κ2) is 4.73. The molecule has 0 bridgehead atoms. The highest BCUT2D eigenvalue weighted by Gasteiger charge is 2.08. The van der Waals surface area contributed by atoms with Gasteiger partial charge in [-0.05, 0) is 23.8 Å². The molecule has 0 aliphatic rings. The highest BCUT2D eigenvalue weighted by molar-refractivity contribution is 6.34. The van der Waals surface area contributed by atoms with Crippen LogP contribution in [0.4, 0.5) is 0 Å². The Labute approximate surface area is 107 Å². The van der Waals surface area contributed by atoms with Crippen molar-refractivity contribution < 1.29 is 9.90 Å². The van der Waals surface area contributed by atoms with Gasteiger partial charge in [-0.15, -0.1) is 5.10 Å². The molecule has 7 heteroatoms. The molecule has 0 fully saturated rings. The summed E-state index contributed by atoms with van der Waals surface area (Å²) in [7, 11) is 0. The van der Waals surface area contributed by atoms with E-state index in [1.54, 1.807) is 18.2 Å². The average Bonchev–Trinajstić information content (AvgIpc) is 2.64. The van der Waals surface area contributed by atoms with E-state index in [1.165, 1.54) is 10.9 Å². The first-order valence-electron chi connectivity index (χ1n) is 4.63. The Morgan fingerprint density at radius 3 is 2.47 bits per heavy atom. The molecule has 88 valence electrons. The van der Waals surface area contributed by atoms with Crippen molar-refractivity contribution in [3.05, 3.63) is 45.7 Å². The molecule has 5 nitrogen and oxygen atoms in total. The first-order chi connectivity index (χ1) is 8.04. The van der Waals surface area contributed by atoms with Gasteiger partial charge in [0.25, 0.3) is 0 Å². The number of carboxylic acids is 1. The van der Waals surface area contributed by atoms with E-state index >= 15 is 0 Å². The fraction of sp³-hybridized carbons (Fsp3) is 0.100. The highest BCUT2D eigenvalue weighted by Crippen LogP contribution is 2.19. The Kier molecular flexibility index (Phi) is 3.31. The van der Waals surface area contributed by atoms with E-state index in [1.807, 2.05) is 0 Å². The third-order valence-electron chi connectivity index (χ3n) is 2.02. The van der Waals surface area contributed by atoms with Gasteiger partial charge < -0.3 is 5.11 Å². The summed E-state index contributed by atoms with van der Waals surface area (Å²) in [6, 6.07) is 5.09. The number of halogens is 2. The summed E-state index contributed by atoms with van der Waals surface area (Å²) in [5.41, 5.74) is 0.725. The third kappa shape index (κ3) is 2.95. The molecule has 0 amide bonds. The average molecular weight is 272 g/mol. The fourth-order valence-corrected chi connectivity index (χ4v) is 1.93. The maximum absolute atomic E-state index is 10.6. The van der Waals surface area contributed by atoms with Crippen molar-refractivity contribution in [1.29, 1.82) is 0 Å². The molecule has 0 spiro atoms. The van der Waals surface area contributed by atoms with E-state index in [0.29, 0.717) is 16.6 Å². The Morgan fingerprint density at radius 2 is 1.94 bits per heavy atom. The second-order valence-electron chi connectivity index (χ2n) is 3.38. The van der Waals surface area contributed by atoms with Gasteiger partial charge in [-0.2, -0.15) is 0 Å². The van der Waals surface area contributed by atoms with Crippen LogP contribution in [0.3, 0.4) is 0 Å². The minimum absolute atomic E-state index is 0.0990. The van der Waals surface area contributed by atoms with E-state index in [9.17, 15) is 4.79 Å². The molecule has 0 radical (unpaired) electrons. The van der Waals surface area contributed by atoms with E-state index in [-0.39, 0.29) is 5.69 Å². The monoisotopic (exact) mass is 271 g/mol. The van der Waals surface area contributed by atoms with Gasteiger partial charge in [-0.1, -0.05) is 28.4 Å². The maximum Gasteiger partial charge on any atom is 0.358 e. The zero-order valence-corrected chi connectivity index (χ0v) is 9.98. The largest absolute Gasteiger partial charge is 0.476 e. The molecule has 0 saturated heterocycles. The predicted molar refractivity (Wildman–Crippen MR) is 62.5 cm³/mol. The molecule has 1 aromatic carbocycles. The molecular weight excluding hydrogens is 265 g/mol. The first-order valence-corrected chi connectivity index (χ1v) is 5.38. The van der Waals surface area contributed by atoms with Crippen molar-refractivity contribution in [2.24, 2.45) is 0 Å². The number of hydrogen-bond acceptors (Lipinski definition) is 3.